The zero-order chi connectivity index (χ0) is 47.5. The van der Waals surface area contributed by atoms with E-state index in [-0.39, 0.29) is 0 Å². The van der Waals surface area contributed by atoms with Crippen molar-refractivity contribution in [2.45, 2.75) is 6.92 Å². The summed E-state index contributed by atoms with van der Waals surface area (Å²) < 4.78 is 23.4. The highest BCUT2D eigenvalue weighted by atomic mass is 16.3. The lowest BCUT2D eigenvalue weighted by Gasteiger charge is -2.09. The van der Waals surface area contributed by atoms with Crippen molar-refractivity contribution < 1.29 is 8.83 Å². The highest BCUT2D eigenvalue weighted by Crippen LogP contribution is 2.50. The molecule has 0 amide bonds. The van der Waals surface area contributed by atoms with Crippen LogP contribution in [0.25, 0.3) is 170 Å². The average Bonchev–Trinajstić information content (AvgIpc) is 4.33. The van der Waals surface area contributed by atoms with Gasteiger partial charge in [-0.05, 0) is 61.5 Å². The van der Waals surface area contributed by atoms with Gasteiger partial charge in [0.2, 0.25) is 0 Å². The van der Waals surface area contributed by atoms with Crippen molar-refractivity contribution >= 4 is 159 Å². The zero-order valence-corrected chi connectivity index (χ0v) is 39.4. The minimum absolute atomic E-state index is 0.871. The van der Waals surface area contributed by atoms with E-state index in [2.05, 4.69) is 207 Å². The van der Waals surface area contributed by atoms with E-state index in [0.29, 0.717) is 0 Å². The average molecular weight is 931 g/mol. The van der Waals surface area contributed by atoms with Crippen LogP contribution in [0.2, 0.25) is 0 Å². The number of fused-ring (bicyclic) bond motifs is 24. The minimum atomic E-state index is 0.871. The molecule has 0 aliphatic heterocycles. The number of hydrogen-bond acceptors (Lipinski definition) is 2. The maximum Gasteiger partial charge on any atom is 0.159 e. The first-order chi connectivity index (χ1) is 36.1. The molecule has 0 unspecified atom stereocenters. The van der Waals surface area contributed by atoms with Crippen LogP contribution in [-0.4, -0.2) is 17.9 Å². The van der Waals surface area contributed by atoms with E-state index in [1.807, 2.05) is 25.1 Å². The van der Waals surface area contributed by atoms with Crippen molar-refractivity contribution in [3.05, 3.63) is 212 Å². The number of benzene rings is 10. The van der Waals surface area contributed by atoms with Gasteiger partial charge in [0.15, 0.2) is 11.2 Å². The summed E-state index contributed by atoms with van der Waals surface area (Å²) in [7, 11) is 0. The zero-order valence-electron chi connectivity index (χ0n) is 39.4. The number of hydrogen-bond donors (Lipinski definition) is 0. The Labute approximate surface area is 413 Å². The molecule has 6 nitrogen and oxygen atoms in total. The summed E-state index contributed by atoms with van der Waals surface area (Å²) in [6, 6.07) is 67.2. The Morgan fingerprint density at radius 1 is 0.370 bits per heavy atom. The molecule has 0 atom stereocenters. The van der Waals surface area contributed by atoms with E-state index in [9.17, 15) is 0 Å². The molecule has 73 heavy (non-hydrogen) atoms. The fourth-order valence-corrected chi connectivity index (χ4v) is 13.7. The molecule has 18 rings (SSSR count). The molecule has 10 aromatic carbocycles. The van der Waals surface area contributed by atoms with Crippen LogP contribution in [0.5, 0.6) is 0 Å². The van der Waals surface area contributed by atoms with Crippen LogP contribution in [0.4, 0.5) is 0 Å². The van der Waals surface area contributed by atoms with Crippen LogP contribution in [0.1, 0.15) is 11.3 Å². The highest BCUT2D eigenvalue weighted by molar-refractivity contribution is 6.35. The molecule has 0 radical (unpaired) electrons. The summed E-state index contributed by atoms with van der Waals surface area (Å²) >= 11 is 0. The van der Waals surface area contributed by atoms with E-state index in [4.69, 9.17) is 8.83 Å². The van der Waals surface area contributed by atoms with Gasteiger partial charge in [-0.2, -0.15) is 0 Å². The number of nitrogens with zero attached hydrogens (tertiary/aromatic N) is 4. The van der Waals surface area contributed by atoms with Crippen molar-refractivity contribution in [1.29, 1.82) is 0 Å². The van der Waals surface area contributed by atoms with Gasteiger partial charge in [-0.25, -0.2) is 0 Å². The number of rotatable bonds is 4. The Kier molecular flexibility index (Phi) is 6.85. The molecule has 0 spiro atoms. The van der Waals surface area contributed by atoms with Crippen molar-refractivity contribution in [1.82, 2.24) is 17.9 Å². The van der Waals surface area contributed by atoms with Crippen molar-refractivity contribution in [2.24, 2.45) is 0 Å². The molecule has 8 heterocycles. The van der Waals surface area contributed by atoms with Crippen LogP contribution in [0.3, 0.4) is 0 Å². The predicted molar refractivity (Wildman–Crippen MR) is 305 cm³/mol. The molecule has 0 aliphatic rings. The molecule has 6 heteroatoms. The van der Waals surface area contributed by atoms with E-state index in [0.717, 1.165) is 77.7 Å². The minimum Gasteiger partial charge on any atom is -0.459 e. The van der Waals surface area contributed by atoms with E-state index >= 15 is 0 Å². The maximum absolute atomic E-state index is 6.71. The van der Waals surface area contributed by atoms with Gasteiger partial charge in [0.25, 0.3) is 0 Å². The first-order valence-electron chi connectivity index (χ1n) is 25.0. The lowest BCUT2D eigenvalue weighted by molar-refractivity contribution is 0.576. The van der Waals surface area contributed by atoms with Gasteiger partial charge in [0, 0.05) is 86.4 Å². The molecule has 338 valence electrons. The third-order valence-electron chi connectivity index (χ3n) is 16.5. The maximum atomic E-state index is 6.71. The molecule has 0 fully saturated rings. The number of para-hydroxylation sites is 7. The van der Waals surface area contributed by atoms with Gasteiger partial charge in [0.05, 0.1) is 66.5 Å². The Bertz CT molecular complexity index is 5550. The molecule has 0 N–H and O–H groups in total. The van der Waals surface area contributed by atoms with Gasteiger partial charge in [-0.15, -0.1) is 0 Å². The molecule has 0 saturated heterocycles. The second kappa shape index (κ2) is 13.1. The van der Waals surface area contributed by atoms with Gasteiger partial charge < -0.3 is 26.8 Å². The number of allylic oxidation sites excluding steroid dienone is 2. The van der Waals surface area contributed by atoms with E-state index in [1.165, 1.54) is 97.7 Å². The highest BCUT2D eigenvalue weighted by Gasteiger charge is 2.28. The SMILES string of the molecule is C=C/C=C\c1c(C)oc2c(-n3c4ccccc4c4c3ccc3c5cccc6c7cc8c(cc7n(c65)c34)c3cccc4c5ccc6c(c7ccccc7n6-c6cccc7c6oc6ccccc67)c5n8c34)cccc12. The first-order valence-corrected chi connectivity index (χ1v) is 25.0. The topological polar surface area (TPSA) is 45.0 Å². The van der Waals surface area contributed by atoms with Gasteiger partial charge >= 0.3 is 0 Å². The Morgan fingerprint density at radius 2 is 0.822 bits per heavy atom. The largest absolute Gasteiger partial charge is 0.459 e. The molecular formula is C67H38N4O2. The summed E-state index contributed by atoms with van der Waals surface area (Å²) in [4.78, 5) is 0. The molecule has 0 aliphatic carbocycles. The Hall–Kier alpha value is -9.78. The summed E-state index contributed by atoms with van der Waals surface area (Å²) in [6.45, 7) is 5.97. The van der Waals surface area contributed by atoms with Crippen molar-refractivity contribution in [3.63, 3.8) is 0 Å². The van der Waals surface area contributed by atoms with Crippen LogP contribution in [0, 0.1) is 6.92 Å². The van der Waals surface area contributed by atoms with Gasteiger partial charge in [-0.3, -0.25) is 0 Å². The number of aromatic nitrogens is 4. The quantitative estimate of drug-likeness (QED) is 0.165. The van der Waals surface area contributed by atoms with E-state index in [1.54, 1.807) is 0 Å². The fourth-order valence-electron chi connectivity index (χ4n) is 13.7. The van der Waals surface area contributed by atoms with E-state index < -0.39 is 0 Å². The number of furan rings is 2. The van der Waals surface area contributed by atoms with Crippen LogP contribution >= 0.6 is 0 Å². The third kappa shape index (κ3) is 4.45. The Morgan fingerprint density at radius 3 is 1.40 bits per heavy atom. The molecule has 18 aromatic rings. The molecule has 0 saturated carbocycles. The van der Waals surface area contributed by atoms with Crippen molar-refractivity contribution in [2.75, 3.05) is 0 Å². The standard InChI is InChI=1S/C67H38N4O2/c1-3-4-15-37-36(2)72-66-45(37)23-13-27-55(66)68-51-25-8-5-17-47(51)60-53(68)32-30-43-39-19-11-21-41-49-35-58-50(34-57(49)70(62(39)41)64(43)60)42-22-12-20-40-44-31-33-54-61(65(44)71(58)63(40)42)48-18-6-9-26-52(48)69(54)56-28-14-24-46-38-16-7-10-29-59(38)73-67(46)56/h3-35H,1H2,2H3/b15-4-. The van der Waals surface area contributed by atoms with Crippen LogP contribution in [-0.2, 0) is 0 Å². The molecular weight excluding hydrogens is 893 g/mol. The molecule has 8 aromatic heterocycles. The normalized spacial score (nSPS) is 13.0. The lowest BCUT2D eigenvalue weighted by Crippen LogP contribution is -1.94. The smallest absolute Gasteiger partial charge is 0.159 e. The summed E-state index contributed by atoms with van der Waals surface area (Å²) in [5.74, 6) is 0.884. The summed E-state index contributed by atoms with van der Waals surface area (Å²) in [5, 5.41) is 18.2. The van der Waals surface area contributed by atoms with Crippen molar-refractivity contribution in [3.8, 4) is 11.4 Å². The fraction of sp³-hybridized carbons (Fsp3) is 0.0149. The Balaban J connectivity index is 0.964. The lowest BCUT2D eigenvalue weighted by atomic mass is 10.0. The third-order valence-corrected chi connectivity index (χ3v) is 16.5. The van der Waals surface area contributed by atoms with Gasteiger partial charge in [-0.1, -0.05) is 152 Å². The summed E-state index contributed by atoms with van der Waals surface area (Å²) in [5.41, 5.74) is 17.7. The number of aryl methyl sites for hydroxylation is 1. The van der Waals surface area contributed by atoms with Crippen LogP contribution < -0.4 is 0 Å². The van der Waals surface area contributed by atoms with Gasteiger partial charge in [0.1, 0.15) is 11.3 Å². The summed E-state index contributed by atoms with van der Waals surface area (Å²) in [6.07, 6.45) is 5.89. The predicted octanol–water partition coefficient (Wildman–Crippen LogP) is 18.3. The van der Waals surface area contributed by atoms with Crippen LogP contribution in [0.15, 0.2) is 210 Å². The first kappa shape index (κ1) is 38.0. The second-order valence-electron chi connectivity index (χ2n) is 20.0. The monoisotopic (exact) mass is 930 g/mol. The molecule has 0 bridgehead atoms. The second-order valence-corrected chi connectivity index (χ2v) is 20.0.